The molecule has 0 fully saturated rings. The molecule has 2 aromatic rings. The monoisotopic (exact) mass is 447 g/mol. The van der Waals surface area contributed by atoms with Crippen LogP contribution in [0.25, 0.3) is 0 Å². The molecule has 2 aromatic carbocycles. The van der Waals surface area contributed by atoms with Gasteiger partial charge in [0.1, 0.15) is 4.90 Å². The van der Waals surface area contributed by atoms with Crippen molar-refractivity contribution in [1.29, 1.82) is 0 Å². The van der Waals surface area contributed by atoms with Gasteiger partial charge in [-0.15, -0.1) is 0 Å². The third-order valence-electron chi connectivity index (χ3n) is 3.47. The molecule has 6 nitrogen and oxygen atoms in total. The van der Waals surface area contributed by atoms with E-state index in [1.54, 1.807) is 12.1 Å². The first-order valence-electron chi connectivity index (χ1n) is 6.93. The summed E-state index contributed by atoms with van der Waals surface area (Å²) in [6.45, 7) is 0. The van der Waals surface area contributed by atoms with Crippen LogP contribution in [0.3, 0.4) is 0 Å². The fourth-order valence-electron chi connectivity index (χ4n) is 2.23. The third kappa shape index (κ3) is 3.75. The molecule has 2 rings (SSSR count). The first-order chi connectivity index (χ1) is 11.7. The minimum absolute atomic E-state index is 0.117. The van der Waals surface area contributed by atoms with E-state index in [1.807, 2.05) is 0 Å². The van der Waals surface area contributed by atoms with Crippen LogP contribution in [0.2, 0.25) is 5.02 Å². The molecule has 0 radical (unpaired) electrons. The van der Waals surface area contributed by atoms with Crippen molar-refractivity contribution in [3.05, 3.63) is 51.5 Å². The number of methoxy groups -OCH3 is 2. The highest BCUT2D eigenvalue weighted by atomic mass is 79.9. The van der Waals surface area contributed by atoms with Gasteiger partial charge in [0.15, 0.2) is 5.75 Å². The second-order valence-electron chi connectivity index (χ2n) is 4.90. The van der Waals surface area contributed by atoms with Crippen LogP contribution < -0.4 is 9.04 Å². The lowest BCUT2D eigenvalue weighted by atomic mass is 10.2. The van der Waals surface area contributed by atoms with Crippen molar-refractivity contribution in [2.45, 2.75) is 4.90 Å². The van der Waals surface area contributed by atoms with Crippen molar-refractivity contribution in [1.82, 2.24) is 0 Å². The molecular weight excluding hydrogens is 434 g/mol. The molecule has 0 amide bonds. The van der Waals surface area contributed by atoms with Crippen molar-refractivity contribution < 1.29 is 22.7 Å². The Morgan fingerprint density at radius 2 is 1.84 bits per heavy atom. The third-order valence-corrected chi connectivity index (χ3v) is 6.05. The summed E-state index contributed by atoms with van der Waals surface area (Å²) < 4.78 is 37.5. The van der Waals surface area contributed by atoms with Gasteiger partial charge in [0.2, 0.25) is 0 Å². The summed E-state index contributed by atoms with van der Waals surface area (Å²) in [5, 5.41) is 0.223. The van der Waals surface area contributed by atoms with Gasteiger partial charge in [-0.25, -0.2) is 13.2 Å². The maximum Gasteiger partial charge on any atom is 0.340 e. The molecule has 0 heterocycles. The average Bonchev–Trinajstić information content (AvgIpc) is 2.59. The fourth-order valence-corrected chi connectivity index (χ4v) is 4.82. The number of halogens is 2. The molecule has 9 heteroatoms. The van der Waals surface area contributed by atoms with Crippen molar-refractivity contribution in [3.8, 4) is 5.75 Å². The SMILES string of the molecule is COC(=O)c1ccccc1N(C)S(=O)(=O)c1cc(Cl)cc(Br)c1OC. The highest BCUT2D eigenvalue weighted by Gasteiger charge is 2.29. The lowest BCUT2D eigenvalue weighted by molar-refractivity contribution is 0.0601. The van der Waals surface area contributed by atoms with Crippen molar-refractivity contribution >= 4 is 49.2 Å². The second-order valence-corrected chi connectivity index (χ2v) is 8.13. The number of hydrogen-bond donors (Lipinski definition) is 0. The van der Waals surface area contributed by atoms with Gasteiger partial charge >= 0.3 is 5.97 Å². The average molecular weight is 449 g/mol. The van der Waals surface area contributed by atoms with Gasteiger partial charge in [-0.1, -0.05) is 23.7 Å². The van der Waals surface area contributed by atoms with E-state index in [4.69, 9.17) is 21.1 Å². The van der Waals surface area contributed by atoms with Gasteiger partial charge < -0.3 is 9.47 Å². The number of esters is 1. The molecule has 134 valence electrons. The number of sulfonamides is 1. The number of carbonyl (C=O) groups excluding carboxylic acids is 1. The lowest BCUT2D eigenvalue weighted by Crippen LogP contribution is -2.28. The number of ether oxygens (including phenoxy) is 2. The molecular formula is C16H15BrClNO5S. The summed E-state index contributed by atoms with van der Waals surface area (Å²) in [6, 6.07) is 9.05. The summed E-state index contributed by atoms with van der Waals surface area (Å²) in [7, 11) is -0.136. The van der Waals surface area contributed by atoms with Crippen LogP contribution in [-0.4, -0.2) is 35.7 Å². The Labute approximate surface area is 159 Å². The van der Waals surface area contributed by atoms with Gasteiger partial charge in [0.05, 0.1) is 29.9 Å². The predicted octanol–water partition coefficient (Wildman–Crippen LogP) is 3.72. The first kappa shape index (κ1) is 19.6. The van der Waals surface area contributed by atoms with Crippen molar-refractivity contribution in [2.75, 3.05) is 25.6 Å². The Morgan fingerprint density at radius 1 is 1.20 bits per heavy atom. The second kappa shape index (κ2) is 7.63. The zero-order valence-corrected chi connectivity index (χ0v) is 16.8. The summed E-state index contributed by atoms with van der Waals surface area (Å²) in [5.74, 6) is -0.524. The van der Waals surface area contributed by atoms with E-state index in [9.17, 15) is 13.2 Å². The zero-order chi connectivity index (χ0) is 18.8. The lowest BCUT2D eigenvalue weighted by Gasteiger charge is -2.23. The Bertz CT molecular complexity index is 917. The largest absolute Gasteiger partial charge is 0.494 e. The summed E-state index contributed by atoms with van der Waals surface area (Å²) in [6.07, 6.45) is 0. The minimum atomic E-state index is -4.06. The number of carbonyl (C=O) groups is 1. The molecule has 0 N–H and O–H groups in total. The number of para-hydroxylation sites is 1. The van der Waals surface area contributed by atoms with E-state index in [1.165, 1.54) is 45.5 Å². The van der Waals surface area contributed by atoms with Gasteiger partial charge in [-0.05, 0) is 40.2 Å². The molecule has 0 bridgehead atoms. The van der Waals surface area contributed by atoms with E-state index in [-0.39, 0.29) is 26.9 Å². The number of benzene rings is 2. The Morgan fingerprint density at radius 3 is 2.44 bits per heavy atom. The summed E-state index contributed by atoms with van der Waals surface area (Å²) in [4.78, 5) is 11.8. The van der Waals surface area contributed by atoms with Crippen LogP contribution in [0.15, 0.2) is 45.8 Å². The zero-order valence-electron chi connectivity index (χ0n) is 13.6. The maximum atomic E-state index is 13.1. The number of anilines is 1. The van der Waals surface area contributed by atoms with Crippen molar-refractivity contribution in [3.63, 3.8) is 0 Å². The molecule has 0 aromatic heterocycles. The van der Waals surface area contributed by atoms with E-state index in [2.05, 4.69) is 15.9 Å². The highest BCUT2D eigenvalue weighted by Crippen LogP contribution is 2.38. The van der Waals surface area contributed by atoms with Gasteiger partial charge in [0.25, 0.3) is 10.0 Å². The number of nitrogens with zero attached hydrogens (tertiary/aromatic N) is 1. The van der Waals surface area contributed by atoms with Crippen molar-refractivity contribution in [2.24, 2.45) is 0 Å². The Hall–Kier alpha value is -1.77. The van der Waals surface area contributed by atoms with Gasteiger partial charge in [-0.3, -0.25) is 4.31 Å². The normalized spacial score (nSPS) is 11.1. The maximum absolute atomic E-state index is 13.1. The Kier molecular flexibility index (Phi) is 5.97. The van der Waals surface area contributed by atoms with E-state index >= 15 is 0 Å². The minimum Gasteiger partial charge on any atom is -0.494 e. The van der Waals surface area contributed by atoms with E-state index < -0.39 is 16.0 Å². The summed E-state index contributed by atoms with van der Waals surface area (Å²) in [5.41, 5.74) is 0.295. The molecule has 0 aliphatic heterocycles. The molecule has 0 aliphatic carbocycles. The van der Waals surface area contributed by atoms with Gasteiger partial charge in [0, 0.05) is 12.1 Å². The predicted molar refractivity (Wildman–Crippen MR) is 99.1 cm³/mol. The first-order valence-corrected chi connectivity index (χ1v) is 9.54. The summed E-state index contributed by atoms with van der Waals surface area (Å²) >= 11 is 9.24. The smallest absolute Gasteiger partial charge is 0.340 e. The van der Waals surface area contributed by atoms with Gasteiger partial charge in [-0.2, -0.15) is 0 Å². The molecule has 25 heavy (non-hydrogen) atoms. The topological polar surface area (TPSA) is 72.9 Å². The molecule has 0 atom stereocenters. The number of hydrogen-bond acceptors (Lipinski definition) is 5. The van der Waals surface area contributed by atoms with Crippen LogP contribution in [-0.2, 0) is 14.8 Å². The van der Waals surface area contributed by atoms with E-state index in [0.717, 1.165) is 4.31 Å². The quantitative estimate of drug-likeness (QED) is 0.652. The van der Waals surface area contributed by atoms with Crippen LogP contribution in [0, 0.1) is 0 Å². The number of rotatable bonds is 5. The van der Waals surface area contributed by atoms with Crippen LogP contribution in [0.1, 0.15) is 10.4 Å². The Balaban J connectivity index is 2.65. The molecule has 0 aliphatic rings. The standard InChI is InChI=1S/C16H15BrClNO5S/c1-19(13-7-5-4-6-11(13)16(20)24-3)25(21,22)14-9-10(18)8-12(17)15(14)23-2/h4-9H,1-3H3. The molecule has 0 spiro atoms. The molecule has 0 saturated carbocycles. The molecule has 0 unspecified atom stereocenters. The molecule has 0 saturated heterocycles. The fraction of sp³-hybridized carbons (Fsp3) is 0.188. The highest BCUT2D eigenvalue weighted by molar-refractivity contribution is 9.10. The van der Waals surface area contributed by atoms with E-state index in [0.29, 0.717) is 4.47 Å². The van der Waals surface area contributed by atoms with Crippen LogP contribution in [0.5, 0.6) is 5.75 Å². The van der Waals surface area contributed by atoms with Crippen LogP contribution >= 0.6 is 27.5 Å². The van der Waals surface area contributed by atoms with Crippen LogP contribution in [0.4, 0.5) is 5.69 Å².